The highest BCUT2D eigenvalue weighted by Gasteiger charge is 2.28. The maximum absolute atomic E-state index is 12.9. The molecule has 1 amide bonds. The zero-order chi connectivity index (χ0) is 19.6. The third kappa shape index (κ3) is 4.51. The van der Waals surface area contributed by atoms with Crippen LogP contribution in [-0.2, 0) is 10.0 Å². The highest BCUT2D eigenvalue weighted by atomic mass is 35.5. The second kappa shape index (κ2) is 8.00. The molecule has 0 radical (unpaired) electrons. The summed E-state index contributed by atoms with van der Waals surface area (Å²) in [5.74, 6) is -0.287. The fourth-order valence-electron chi connectivity index (χ4n) is 3.33. The lowest BCUT2D eigenvalue weighted by atomic mass is 10.1. The molecule has 0 aromatic heterocycles. The van der Waals surface area contributed by atoms with Gasteiger partial charge in [0.15, 0.2) is 0 Å². The van der Waals surface area contributed by atoms with E-state index in [2.05, 4.69) is 5.32 Å². The first-order chi connectivity index (χ1) is 12.8. The van der Waals surface area contributed by atoms with Gasteiger partial charge in [-0.05, 0) is 57.0 Å². The van der Waals surface area contributed by atoms with Gasteiger partial charge < -0.3 is 5.32 Å². The summed E-state index contributed by atoms with van der Waals surface area (Å²) in [4.78, 5) is 12.6. The van der Waals surface area contributed by atoms with Crippen LogP contribution in [0.2, 0.25) is 5.02 Å². The molecule has 1 fully saturated rings. The van der Waals surface area contributed by atoms with Gasteiger partial charge in [0.1, 0.15) is 4.90 Å². The average Bonchev–Trinajstić information content (AvgIpc) is 2.63. The quantitative estimate of drug-likeness (QED) is 0.819. The fraction of sp³-hybridized carbons (Fsp3) is 0.350. The Morgan fingerprint density at radius 1 is 1.00 bits per heavy atom. The zero-order valence-corrected chi connectivity index (χ0v) is 17.0. The number of carbonyl (C=O) groups is 1. The smallest absolute Gasteiger partial charge is 0.255 e. The van der Waals surface area contributed by atoms with Gasteiger partial charge in [-0.2, -0.15) is 4.31 Å². The van der Waals surface area contributed by atoms with Crippen LogP contribution in [0.3, 0.4) is 0 Å². The molecule has 1 heterocycles. The number of nitrogens with zero attached hydrogens (tertiary/aromatic N) is 1. The van der Waals surface area contributed by atoms with E-state index in [1.165, 1.54) is 16.4 Å². The second-order valence-corrected chi connectivity index (χ2v) is 9.25. The number of anilines is 1. The van der Waals surface area contributed by atoms with E-state index in [1.807, 2.05) is 19.9 Å². The van der Waals surface area contributed by atoms with E-state index in [0.717, 1.165) is 30.4 Å². The first-order valence-corrected chi connectivity index (χ1v) is 10.8. The number of nitrogens with one attached hydrogen (secondary N) is 1. The van der Waals surface area contributed by atoms with E-state index in [1.54, 1.807) is 18.2 Å². The van der Waals surface area contributed by atoms with Gasteiger partial charge in [0.25, 0.3) is 5.91 Å². The molecule has 0 spiro atoms. The van der Waals surface area contributed by atoms with Gasteiger partial charge in [-0.3, -0.25) is 4.79 Å². The summed E-state index contributed by atoms with van der Waals surface area (Å²) < 4.78 is 27.3. The van der Waals surface area contributed by atoms with Crippen molar-refractivity contribution in [1.29, 1.82) is 0 Å². The Labute approximate surface area is 165 Å². The Bertz CT molecular complexity index is 947. The maximum Gasteiger partial charge on any atom is 0.255 e. The Hall–Kier alpha value is -1.89. The number of piperidine rings is 1. The number of amides is 1. The summed E-state index contributed by atoms with van der Waals surface area (Å²) in [6, 6.07) is 10.1. The van der Waals surface area contributed by atoms with E-state index >= 15 is 0 Å². The number of hydrogen-bond donors (Lipinski definition) is 1. The number of hydrogen-bond acceptors (Lipinski definition) is 3. The summed E-state index contributed by atoms with van der Waals surface area (Å²) in [5, 5.41) is 2.93. The van der Waals surface area contributed by atoms with Crippen LogP contribution in [0.5, 0.6) is 0 Å². The van der Waals surface area contributed by atoms with Crippen LogP contribution in [0.15, 0.2) is 41.3 Å². The van der Waals surface area contributed by atoms with E-state index in [0.29, 0.717) is 24.3 Å². The van der Waals surface area contributed by atoms with Gasteiger partial charge >= 0.3 is 0 Å². The second-order valence-electron chi connectivity index (χ2n) is 6.94. The summed E-state index contributed by atoms with van der Waals surface area (Å²) in [6.45, 7) is 4.85. The van der Waals surface area contributed by atoms with E-state index in [-0.39, 0.29) is 15.8 Å². The predicted molar refractivity (Wildman–Crippen MR) is 108 cm³/mol. The molecule has 0 saturated carbocycles. The van der Waals surface area contributed by atoms with Crippen LogP contribution in [0.1, 0.15) is 40.7 Å². The molecule has 0 bridgehead atoms. The van der Waals surface area contributed by atoms with Crippen molar-refractivity contribution in [3.05, 3.63) is 58.1 Å². The van der Waals surface area contributed by atoms with Crippen LogP contribution in [0.4, 0.5) is 5.69 Å². The van der Waals surface area contributed by atoms with Gasteiger partial charge in [0, 0.05) is 24.3 Å². The molecule has 0 unspecified atom stereocenters. The Balaban J connectivity index is 1.87. The van der Waals surface area contributed by atoms with Crippen LogP contribution < -0.4 is 5.32 Å². The standard InChI is InChI=1S/C20H23ClN2O3S/c1-14-10-15(2)12-16(11-14)20(24)22-17-6-7-18(21)19(13-17)27(25,26)23-8-4-3-5-9-23/h6-7,10-13H,3-5,8-9H2,1-2H3,(H,22,24). The molecular weight excluding hydrogens is 384 g/mol. The van der Waals surface area contributed by atoms with Crippen molar-refractivity contribution in [1.82, 2.24) is 4.31 Å². The van der Waals surface area contributed by atoms with Crippen LogP contribution in [-0.4, -0.2) is 31.7 Å². The molecule has 0 aliphatic carbocycles. The third-order valence-electron chi connectivity index (χ3n) is 4.61. The summed E-state index contributed by atoms with van der Waals surface area (Å²) in [6.07, 6.45) is 2.73. The number of carbonyl (C=O) groups excluding carboxylic acids is 1. The number of aryl methyl sites for hydroxylation is 2. The highest BCUT2D eigenvalue weighted by molar-refractivity contribution is 7.89. The lowest BCUT2D eigenvalue weighted by Crippen LogP contribution is -2.35. The molecule has 2 aromatic carbocycles. The van der Waals surface area contributed by atoms with Crippen molar-refractivity contribution in [2.24, 2.45) is 0 Å². The summed E-state index contributed by atoms with van der Waals surface area (Å²) in [7, 11) is -3.68. The van der Waals surface area contributed by atoms with Gasteiger partial charge in [0.05, 0.1) is 5.02 Å². The molecule has 1 aliphatic rings. The van der Waals surface area contributed by atoms with Crippen LogP contribution >= 0.6 is 11.6 Å². The van der Waals surface area contributed by atoms with Gasteiger partial charge in [-0.1, -0.05) is 35.2 Å². The van der Waals surface area contributed by atoms with E-state index < -0.39 is 10.0 Å². The molecule has 144 valence electrons. The molecular formula is C20H23ClN2O3S. The summed E-state index contributed by atoms with van der Waals surface area (Å²) >= 11 is 6.18. The Morgan fingerprint density at radius 3 is 2.26 bits per heavy atom. The Morgan fingerprint density at radius 2 is 1.63 bits per heavy atom. The van der Waals surface area contributed by atoms with Crippen molar-refractivity contribution >= 4 is 33.2 Å². The Kier molecular flexibility index (Phi) is 5.89. The normalized spacial score (nSPS) is 15.5. The highest BCUT2D eigenvalue weighted by Crippen LogP contribution is 2.29. The van der Waals surface area contributed by atoms with Crippen molar-refractivity contribution in [3.63, 3.8) is 0 Å². The predicted octanol–water partition coefficient (Wildman–Crippen LogP) is 4.38. The molecule has 1 N–H and O–H groups in total. The number of benzene rings is 2. The molecule has 2 aromatic rings. The minimum Gasteiger partial charge on any atom is -0.322 e. The van der Waals surface area contributed by atoms with Crippen LogP contribution in [0.25, 0.3) is 0 Å². The molecule has 5 nitrogen and oxygen atoms in total. The minimum absolute atomic E-state index is 0.0317. The minimum atomic E-state index is -3.68. The van der Waals surface area contributed by atoms with Crippen LogP contribution in [0, 0.1) is 13.8 Å². The average molecular weight is 407 g/mol. The van der Waals surface area contributed by atoms with Crippen molar-refractivity contribution in [2.75, 3.05) is 18.4 Å². The van der Waals surface area contributed by atoms with Crippen molar-refractivity contribution in [3.8, 4) is 0 Å². The van der Waals surface area contributed by atoms with Gasteiger partial charge in [-0.15, -0.1) is 0 Å². The largest absolute Gasteiger partial charge is 0.322 e. The lowest BCUT2D eigenvalue weighted by molar-refractivity contribution is 0.102. The van der Waals surface area contributed by atoms with Crippen molar-refractivity contribution < 1.29 is 13.2 Å². The molecule has 0 atom stereocenters. The van der Waals surface area contributed by atoms with Gasteiger partial charge in [0.2, 0.25) is 10.0 Å². The molecule has 27 heavy (non-hydrogen) atoms. The van der Waals surface area contributed by atoms with Gasteiger partial charge in [-0.25, -0.2) is 8.42 Å². The summed E-state index contributed by atoms with van der Waals surface area (Å²) in [5.41, 5.74) is 2.91. The van der Waals surface area contributed by atoms with E-state index in [9.17, 15) is 13.2 Å². The fourth-order valence-corrected chi connectivity index (χ4v) is 5.35. The zero-order valence-electron chi connectivity index (χ0n) is 15.5. The van der Waals surface area contributed by atoms with E-state index in [4.69, 9.17) is 11.6 Å². The third-order valence-corrected chi connectivity index (χ3v) is 6.99. The number of sulfonamides is 1. The topological polar surface area (TPSA) is 66.5 Å². The first-order valence-electron chi connectivity index (χ1n) is 8.97. The number of halogens is 1. The number of rotatable bonds is 4. The molecule has 7 heteroatoms. The lowest BCUT2D eigenvalue weighted by Gasteiger charge is -2.26. The molecule has 3 rings (SSSR count). The maximum atomic E-state index is 12.9. The SMILES string of the molecule is Cc1cc(C)cc(C(=O)Nc2ccc(Cl)c(S(=O)(=O)N3CCCCC3)c2)c1. The molecule has 1 aliphatic heterocycles. The van der Waals surface area contributed by atoms with Crippen molar-refractivity contribution in [2.45, 2.75) is 38.0 Å². The molecule has 1 saturated heterocycles. The monoisotopic (exact) mass is 406 g/mol. The first kappa shape index (κ1) is 19.9.